The van der Waals surface area contributed by atoms with E-state index in [2.05, 4.69) is 18.8 Å². The number of likely N-dealkylation sites (tertiary alicyclic amines) is 1. The Morgan fingerprint density at radius 1 is 1.37 bits per heavy atom. The Bertz CT molecular complexity index is 554. The molecule has 2 fully saturated rings. The van der Waals surface area contributed by atoms with Gasteiger partial charge in [0.25, 0.3) is 5.91 Å². The van der Waals surface area contributed by atoms with Crippen molar-refractivity contribution in [1.82, 2.24) is 9.88 Å². The SMILES string of the molecule is CC1(C)C2CN(C(=O)c3cc(C(=O)O)ccn3)CC21. The summed E-state index contributed by atoms with van der Waals surface area (Å²) in [6, 6.07) is 2.74. The minimum atomic E-state index is -1.04. The predicted molar refractivity (Wildman–Crippen MR) is 67.9 cm³/mol. The molecule has 0 radical (unpaired) electrons. The predicted octanol–water partition coefficient (Wildman–Crippen LogP) is 1.51. The van der Waals surface area contributed by atoms with Gasteiger partial charge < -0.3 is 10.0 Å². The largest absolute Gasteiger partial charge is 0.478 e. The number of carbonyl (C=O) groups excluding carboxylic acids is 1. The van der Waals surface area contributed by atoms with Crippen LogP contribution < -0.4 is 0 Å². The Labute approximate surface area is 111 Å². The van der Waals surface area contributed by atoms with Crippen molar-refractivity contribution in [3.8, 4) is 0 Å². The molecule has 1 aliphatic carbocycles. The van der Waals surface area contributed by atoms with Gasteiger partial charge in [0, 0.05) is 19.3 Å². The van der Waals surface area contributed by atoms with E-state index in [1.807, 2.05) is 0 Å². The second kappa shape index (κ2) is 3.79. The van der Waals surface area contributed by atoms with Gasteiger partial charge in [-0.1, -0.05) is 13.8 Å². The minimum Gasteiger partial charge on any atom is -0.478 e. The van der Waals surface area contributed by atoms with Crippen molar-refractivity contribution in [2.75, 3.05) is 13.1 Å². The summed E-state index contributed by atoms with van der Waals surface area (Å²) < 4.78 is 0. The topological polar surface area (TPSA) is 70.5 Å². The lowest BCUT2D eigenvalue weighted by Crippen LogP contribution is -2.33. The van der Waals surface area contributed by atoms with Crippen LogP contribution in [0.2, 0.25) is 0 Å². The molecule has 0 bridgehead atoms. The lowest BCUT2D eigenvalue weighted by atomic mass is 10.1. The van der Waals surface area contributed by atoms with Crippen molar-refractivity contribution in [2.45, 2.75) is 13.8 Å². The summed E-state index contributed by atoms with van der Waals surface area (Å²) in [5, 5.41) is 8.92. The first kappa shape index (κ1) is 12.1. The maximum Gasteiger partial charge on any atom is 0.335 e. The molecule has 1 saturated heterocycles. The highest BCUT2D eigenvalue weighted by Crippen LogP contribution is 2.62. The number of aromatic nitrogens is 1. The highest BCUT2D eigenvalue weighted by molar-refractivity contribution is 5.96. The quantitative estimate of drug-likeness (QED) is 0.875. The molecule has 1 amide bonds. The molecule has 3 rings (SSSR count). The molecule has 0 aromatic carbocycles. The number of hydrogen-bond donors (Lipinski definition) is 1. The Morgan fingerprint density at radius 2 is 2.00 bits per heavy atom. The molecule has 1 N–H and O–H groups in total. The minimum absolute atomic E-state index is 0.100. The number of amides is 1. The summed E-state index contributed by atoms with van der Waals surface area (Å²) >= 11 is 0. The molecule has 0 spiro atoms. The highest BCUT2D eigenvalue weighted by Gasteiger charge is 2.62. The van der Waals surface area contributed by atoms with E-state index in [1.54, 1.807) is 4.90 Å². The first-order valence-corrected chi connectivity index (χ1v) is 6.40. The van der Waals surface area contributed by atoms with E-state index < -0.39 is 5.97 Å². The monoisotopic (exact) mass is 260 g/mol. The first-order valence-electron chi connectivity index (χ1n) is 6.40. The number of hydrogen-bond acceptors (Lipinski definition) is 3. The van der Waals surface area contributed by atoms with E-state index in [0.29, 0.717) is 17.3 Å². The van der Waals surface area contributed by atoms with Crippen LogP contribution in [0.4, 0.5) is 0 Å². The summed E-state index contributed by atoms with van der Waals surface area (Å²) in [7, 11) is 0. The van der Waals surface area contributed by atoms with E-state index in [-0.39, 0.29) is 17.2 Å². The Kier molecular flexibility index (Phi) is 2.42. The lowest BCUT2D eigenvalue weighted by Gasteiger charge is -2.21. The Hall–Kier alpha value is -1.91. The number of aromatic carboxylic acids is 1. The van der Waals surface area contributed by atoms with E-state index in [0.717, 1.165) is 13.1 Å². The van der Waals surface area contributed by atoms with Crippen LogP contribution in [0.1, 0.15) is 34.7 Å². The van der Waals surface area contributed by atoms with Crippen LogP contribution in [-0.2, 0) is 0 Å². The van der Waals surface area contributed by atoms with Crippen LogP contribution in [0.15, 0.2) is 18.3 Å². The average Bonchev–Trinajstić information content (AvgIpc) is 2.79. The smallest absolute Gasteiger partial charge is 0.335 e. The summed E-state index contributed by atoms with van der Waals surface area (Å²) in [5.41, 5.74) is 0.676. The summed E-state index contributed by atoms with van der Waals surface area (Å²) in [5.74, 6) is -0.0360. The van der Waals surface area contributed by atoms with Gasteiger partial charge in [-0.15, -0.1) is 0 Å². The number of pyridine rings is 1. The number of carboxylic acid groups (broad SMARTS) is 1. The fourth-order valence-electron chi connectivity index (χ4n) is 3.14. The summed E-state index contributed by atoms with van der Waals surface area (Å²) in [6.07, 6.45) is 1.37. The molecule has 2 aliphatic rings. The van der Waals surface area contributed by atoms with E-state index in [4.69, 9.17) is 5.11 Å². The number of carbonyl (C=O) groups is 2. The van der Waals surface area contributed by atoms with Gasteiger partial charge in [-0.25, -0.2) is 4.79 Å². The van der Waals surface area contributed by atoms with Crippen molar-refractivity contribution in [3.63, 3.8) is 0 Å². The number of carboxylic acids is 1. The lowest BCUT2D eigenvalue weighted by molar-refractivity contribution is 0.0696. The Balaban J connectivity index is 1.75. The van der Waals surface area contributed by atoms with Crippen molar-refractivity contribution < 1.29 is 14.7 Å². The molecular formula is C14H16N2O3. The zero-order chi connectivity index (χ0) is 13.8. The van der Waals surface area contributed by atoms with Crippen molar-refractivity contribution in [2.24, 2.45) is 17.3 Å². The molecule has 2 unspecified atom stereocenters. The molecule has 100 valence electrons. The number of rotatable bonds is 2. The van der Waals surface area contributed by atoms with E-state index in [9.17, 15) is 9.59 Å². The first-order chi connectivity index (χ1) is 8.91. The van der Waals surface area contributed by atoms with Crippen LogP contribution in [0, 0.1) is 17.3 Å². The molecule has 1 aliphatic heterocycles. The van der Waals surface area contributed by atoms with Crippen LogP contribution >= 0.6 is 0 Å². The number of nitrogens with zero attached hydrogens (tertiary/aromatic N) is 2. The fraction of sp³-hybridized carbons (Fsp3) is 0.500. The molecular weight excluding hydrogens is 244 g/mol. The van der Waals surface area contributed by atoms with Crippen molar-refractivity contribution >= 4 is 11.9 Å². The average molecular weight is 260 g/mol. The third kappa shape index (κ3) is 1.80. The van der Waals surface area contributed by atoms with Gasteiger partial charge in [0.15, 0.2) is 0 Å². The van der Waals surface area contributed by atoms with Gasteiger partial charge in [0.2, 0.25) is 0 Å². The molecule has 1 aromatic rings. The van der Waals surface area contributed by atoms with Crippen LogP contribution in [0.5, 0.6) is 0 Å². The van der Waals surface area contributed by atoms with E-state index in [1.165, 1.54) is 18.3 Å². The van der Waals surface area contributed by atoms with Gasteiger partial charge in [-0.05, 0) is 29.4 Å². The van der Waals surface area contributed by atoms with Gasteiger partial charge in [-0.3, -0.25) is 9.78 Å². The third-order valence-corrected chi connectivity index (χ3v) is 4.64. The molecule has 19 heavy (non-hydrogen) atoms. The normalized spacial score (nSPS) is 26.9. The van der Waals surface area contributed by atoms with Crippen LogP contribution in [0.3, 0.4) is 0 Å². The van der Waals surface area contributed by atoms with Gasteiger partial charge in [0.1, 0.15) is 5.69 Å². The fourth-order valence-corrected chi connectivity index (χ4v) is 3.14. The number of fused-ring (bicyclic) bond motifs is 1. The Morgan fingerprint density at radius 3 is 2.58 bits per heavy atom. The van der Waals surface area contributed by atoms with E-state index >= 15 is 0 Å². The molecule has 2 heterocycles. The molecule has 1 saturated carbocycles. The second-order valence-corrected chi connectivity index (χ2v) is 5.98. The molecule has 5 nitrogen and oxygen atoms in total. The number of piperidine rings is 1. The van der Waals surface area contributed by atoms with Gasteiger partial charge in [0.05, 0.1) is 5.56 Å². The molecule has 1 aromatic heterocycles. The molecule has 2 atom stereocenters. The zero-order valence-electron chi connectivity index (χ0n) is 11.0. The van der Waals surface area contributed by atoms with Gasteiger partial charge in [-0.2, -0.15) is 0 Å². The van der Waals surface area contributed by atoms with Gasteiger partial charge >= 0.3 is 5.97 Å². The zero-order valence-corrected chi connectivity index (χ0v) is 11.0. The highest BCUT2D eigenvalue weighted by atomic mass is 16.4. The maximum atomic E-state index is 12.3. The molecule has 5 heteroatoms. The summed E-state index contributed by atoms with van der Waals surface area (Å²) in [6.45, 7) is 5.98. The standard InChI is InChI=1S/C14H16N2O3/c1-14(2)9-6-16(7-10(9)14)12(17)11-5-8(13(18)19)3-4-15-11/h3-5,9-10H,6-7H2,1-2H3,(H,18,19). The van der Waals surface area contributed by atoms with Crippen molar-refractivity contribution in [1.29, 1.82) is 0 Å². The summed E-state index contributed by atoms with van der Waals surface area (Å²) in [4.78, 5) is 28.9. The maximum absolute atomic E-state index is 12.3. The van der Waals surface area contributed by atoms with Crippen LogP contribution in [-0.4, -0.2) is 40.0 Å². The van der Waals surface area contributed by atoms with Crippen molar-refractivity contribution in [3.05, 3.63) is 29.6 Å². The third-order valence-electron chi connectivity index (χ3n) is 4.64. The van der Waals surface area contributed by atoms with Crippen LogP contribution in [0.25, 0.3) is 0 Å². The second-order valence-electron chi connectivity index (χ2n) is 5.98.